The van der Waals surface area contributed by atoms with Gasteiger partial charge in [0.15, 0.2) is 5.82 Å². The molecule has 0 amide bonds. The molecule has 0 aliphatic carbocycles. The summed E-state index contributed by atoms with van der Waals surface area (Å²) < 4.78 is 6.85. The van der Waals surface area contributed by atoms with Crippen LogP contribution in [-0.2, 0) is 0 Å². The van der Waals surface area contributed by atoms with Crippen LogP contribution in [0.25, 0.3) is 78.1 Å². The molecule has 0 saturated carbocycles. The molecule has 0 fully saturated rings. The van der Waals surface area contributed by atoms with Crippen LogP contribution >= 0.6 is 0 Å². The molecule has 9 rings (SSSR count). The van der Waals surface area contributed by atoms with Crippen molar-refractivity contribution in [1.82, 2.24) is 9.97 Å². The van der Waals surface area contributed by atoms with Crippen molar-refractivity contribution in [3.8, 4) is 78.8 Å². The number of nitrogens with zero attached hydrogens (tertiary/aromatic N) is 2. The maximum atomic E-state index is 6.85. The molecule has 0 N–H and O–H groups in total. The Balaban J connectivity index is 1.20. The molecule has 0 radical (unpaired) electrons. The van der Waals surface area contributed by atoms with Crippen LogP contribution in [0.4, 0.5) is 0 Å². The van der Waals surface area contributed by atoms with Gasteiger partial charge in [0.05, 0.1) is 11.4 Å². The minimum absolute atomic E-state index is 0.681. The lowest BCUT2D eigenvalue weighted by Gasteiger charge is -2.24. The Hall–Kier alpha value is -6.32. The molecular weight excluding hydrogens is 572 g/mol. The third-order valence-electron chi connectivity index (χ3n) is 8.90. The molecule has 220 valence electrons. The molecule has 2 heterocycles. The first kappa shape index (κ1) is 27.0. The van der Waals surface area contributed by atoms with E-state index in [0.717, 1.165) is 56.1 Å². The maximum Gasteiger partial charge on any atom is 0.160 e. The number of aromatic nitrogens is 2. The Kier molecular flexibility index (Phi) is 6.46. The predicted octanol–water partition coefficient (Wildman–Crippen LogP) is 11.7. The first-order valence-corrected chi connectivity index (χ1v) is 15.8. The molecule has 1 aliphatic rings. The molecule has 3 heteroatoms. The fraction of sp³-hybridized carbons (Fsp3) is 0. The molecular formula is C44H28N2O. The molecule has 3 nitrogen and oxygen atoms in total. The lowest BCUT2D eigenvalue weighted by atomic mass is 9.88. The van der Waals surface area contributed by atoms with Gasteiger partial charge in [0.1, 0.15) is 11.5 Å². The van der Waals surface area contributed by atoms with Gasteiger partial charge in [0.25, 0.3) is 0 Å². The highest BCUT2D eigenvalue weighted by Gasteiger charge is 2.25. The summed E-state index contributed by atoms with van der Waals surface area (Å²) in [7, 11) is 0. The van der Waals surface area contributed by atoms with Crippen molar-refractivity contribution in [3.05, 3.63) is 170 Å². The molecule has 1 aromatic heterocycles. The number of fused-ring (bicyclic) bond motifs is 2. The minimum Gasteiger partial charge on any atom is -0.455 e. The summed E-state index contributed by atoms with van der Waals surface area (Å²) >= 11 is 0. The summed E-state index contributed by atoms with van der Waals surface area (Å²) in [6.45, 7) is 0. The predicted molar refractivity (Wildman–Crippen MR) is 192 cm³/mol. The van der Waals surface area contributed by atoms with Crippen LogP contribution in [-0.4, -0.2) is 9.97 Å². The monoisotopic (exact) mass is 600 g/mol. The molecule has 8 aromatic rings. The van der Waals surface area contributed by atoms with Gasteiger partial charge >= 0.3 is 0 Å². The van der Waals surface area contributed by atoms with Crippen LogP contribution < -0.4 is 4.74 Å². The number of para-hydroxylation sites is 1. The average Bonchev–Trinajstić information content (AvgIpc) is 3.16. The normalized spacial score (nSPS) is 11.6. The van der Waals surface area contributed by atoms with Crippen molar-refractivity contribution in [1.29, 1.82) is 0 Å². The smallest absolute Gasteiger partial charge is 0.160 e. The van der Waals surface area contributed by atoms with Gasteiger partial charge in [-0.15, -0.1) is 0 Å². The summed E-state index contributed by atoms with van der Waals surface area (Å²) in [4.78, 5) is 10.1. The Bertz CT molecular complexity index is 2360. The standard InChI is InChI=1S/C44H28N2O/c1-4-13-29(14-5-1)32-19-10-20-33(27-32)34-25-26-41-42-35(34)21-11-22-36(42)37-23-12-24-38(43(37)47-41)40-28-39(30-15-6-2-7-16-30)45-44(46-40)31-17-8-3-9-18-31/h1-28H. The van der Waals surface area contributed by atoms with E-state index in [4.69, 9.17) is 14.7 Å². The summed E-state index contributed by atoms with van der Waals surface area (Å²) in [6.07, 6.45) is 0. The van der Waals surface area contributed by atoms with E-state index in [9.17, 15) is 0 Å². The second kappa shape index (κ2) is 11.2. The topological polar surface area (TPSA) is 35.0 Å². The molecule has 0 atom stereocenters. The molecule has 47 heavy (non-hydrogen) atoms. The maximum absolute atomic E-state index is 6.85. The SMILES string of the molecule is c1ccc(-c2cccc(-c3ccc4c5c(cccc35)-c3cccc(-c5cc(-c6ccccc6)nc(-c6ccccc6)n5)c3O4)c2)cc1. The van der Waals surface area contributed by atoms with E-state index in [1.165, 1.54) is 27.6 Å². The van der Waals surface area contributed by atoms with Crippen LogP contribution in [0.3, 0.4) is 0 Å². The van der Waals surface area contributed by atoms with Gasteiger partial charge in [-0.25, -0.2) is 9.97 Å². The van der Waals surface area contributed by atoms with Gasteiger partial charge in [-0.3, -0.25) is 0 Å². The van der Waals surface area contributed by atoms with E-state index in [1.807, 2.05) is 36.4 Å². The zero-order valence-corrected chi connectivity index (χ0v) is 25.5. The Morgan fingerprint density at radius 3 is 1.74 bits per heavy atom. The van der Waals surface area contributed by atoms with Crippen molar-refractivity contribution in [2.24, 2.45) is 0 Å². The van der Waals surface area contributed by atoms with Gasteiger partial charge < -0.3 is 4.74 Å². The van der Waals surface area contributed by atoms with E-state index in [-0.39, 0.29) is 0 Å². The summed E-state index contributed by atoms with van der Waals surface area (Å²) in [6, 6.07) is 59.0. The molecule has 7 aromatic carbocycles. The molecule has 0 bridgehead atoms. The van der Waals surface area contributed by atoms with Crippen molar-refractivity contribution < 1.29 is 4.74 Å². The van der Waals surface area contributed by atoms with Crippen LogP contribution in [0.1, 0.15) is 0 Å². The molecule has 0 unspecified atom stereocenters. The second-order valence-corrected chi connectivity index (χ2v) is 11.8. The average molecular weight is 601 g/mol. The summed E-state index contributed by atoms with van der Waals surface area (Å²) in [5.74, 6) is 2.34. The fourth-order valence-corrected chi connectivity index (χ4v) is 6.66. The minimum atomic E-state index is 0.681. The highest BCUT2D eigenvalue weighted by atomic mass is 16.5. The number of hydrogen-bond donors (Lipinski definition) is 0. The lowest BCUT2D eigenvalue weighted by molar-refractivity contribution is 0.488. The Morgan fingerprint density at radius 2 is 0.957 bits per heavy atom. The summed E-state index contributed by atoms with van der Waals surface area (Å²) in [5.41, 5.74) is 11.6. The second-order valence-electron chi connectivity index (χ2n) is 11.8. The third kappa shape index (κ3) is 4.77. The first-order chi connectivity index (χ1) is 23.3. The first-order valence-electron chi connectivity index (χ1n) is 15.8. The van der Waals surface area contributed by atoms with Crippen LogP contribution in [0, 0.1) is 0 Å². The highest BCUT2D eigenvalue weighted by Crippen LogP contribution is 2.51. The Morgan fingerprint density at radius 1 is 0.362 bits per heavy atom. The highest BCUT2D eigenvalue weighted by molar-refractivity contribution is 6.10. The zero-order valence-electron chi connectivity index (χ0n) is 25.5. The van der Waals surface area contributed by atoms with Gasteiger partial charge in [0, 0.05) is 27.6 Å². The number of rotatable bonds is 5. The largest absolute Gasteiger partial charge is 0.455 e. The van der Waals surface area contributed by atoms with Crippen molar-refractivity contribution in [2.45, 2.75) is 0 Å². The van der Waals surface area contributed by atoms with Crippen LogP contribution in [0.2, 0.25) is 0 Å². The molecule has 0 saturated heterocycles. The van der Waals surface area contributed by atoms with E-state index < -0.39 is 0 Å². The molecule has 0 spiro atoms. The van der Waals surface area contributed by atoms with E-state index in [1.54, 1.807) is 0 Å². The van der Waals surface area contributed by atoms with Crippen molar-refractivity contribution >= 4 is 10.8 Å². The van der Waals surface area contributed by atoms with Crippen molar-refractivity contribution in [3.63, 3.8) is 0 Å². The van der Waals surface area contributed by atoms with E-state index >= 15 is 0 Å². The number of ether oxygens (including phenoxy) is 1. The Labute approximate surface area is 273 Å². The lowest BCUT2D eigenvalue weighted by Crippen LogP contribution is -2.01. The van der Waals surface area contributed by atoms with Gasteiger partial charge in [0.2, 0.25) is 0 Å². The van der Waals surface area contributed by atoms with Crippen molar-refractivity contribution in [2.75, 3.05) is 0 Å². The zero-order chi connectivity index (χ0) is 31.2. The summed E-state index contributed by atoms with van der Waals surface area (Å²) in [5, 5.41) is 2.29. The van der Waals surface area contributed by atoms with Crippen LogP contribution in [0.5, 0.6) is 11.5 Å². The van der Waals surface area contributed by atoms with Gasteiger partial charge in [-0.2, -0.15) is 0 Å². The van der Waals surface area contributed by atoms with Crippen LogP contribution in [0.15, 0.2) is 170 Å². The third-order valence-corrected chi connectivity index (χ3v) is 8.90. The number of benzene rings is 7. The van der Waals surface area contributed by atoms with E-state index in [0.29, 0.717) is 5.82 Å². The fourth-order valence-electron chi connectivity index (χ4n) is 6.66. The molecule has 1 aliphatic heterocycles. The van der Waals surface area contributed by atoms with E-state index in [2.05, 4.69) is 133 Å². The number of hydrogen-bond acceptors (Lipinski definition) is 3. The quantitative estimate of drug-likeness (QED) is 0.197. The van der Waals surface area contributed by atoms with Gasteiger partial charge in [-0.05, 0) is 57.5 Å². The van der Waals surface area contributed by atoms with Gasteiger partial charge in [-0.1, -0.05) is 146 Å².